The van der Waals surface area contributed by atoms with Crippen LogP contribution in [0.5, 0.6) is 0 Å². The summed E-state index contributed by atoms with van der Waals surface area (Å²) in [7, 11) is 0. The molecule has 2 saturated heterocycles. The number of aryl methyl sites for hydroxylation is 1. The van der Waals surface area contributed by atoms with Crippen LogP contribution < -0.4 is 4.90 Å². The average Bonchev–Trinajstić information content (AvgIpc) is 3.18. The van der Waals surface area contributed by atoms with Crippen LogP contribution in [0.25, 0.3) is 5.69 Å². The first kappa shape index (κ1) is 21.2. The van der Waals surface area contributed by atoms with E-state index >= 15 is 0 Å². The van der Waals surface area contributed by atoms with Gasteiger partial charge in [-0.1, -0.05) is 36.4 Å². The van der Waals surface area contributed by atoms with E-state index in [1.54, 1.807) is 0 Å². The third-order valence-electron chi connectivity index (χ3n) is 6.27. The van der Waals surface area contributed by atoms with Crippen LogP contribution in [-0.4, -0.2) is 57.0 Å². The van der Waals surface area contributed by atoms with E-state index in [4.69, 9.17) is 0 Å². The van der Waals surface area contributed by atoms with Crippen LogP contribution in [0, 0.1) is 12.8 Å². The Morgan fingerprint density at radius 1 is 1.03 bits per heavy atom. The number of aromatic nitrogens is 3. The smallest absolute Gasteiger partial charge is 0.235 e. The van der Waals surface area contributed by atoms with Crippen LogP contribution in [0.1, 0.15) is 51.5 Å². The Morgan fingerprint density at radius 3 is 2.37 bits per heavy atom. The van der Waals surface area contributed by atoms with Crippen molar-refractivity contribution in [3.05, 3.63) is 29.8 Å². The van der Waals surface area contributed by atoms with Crippen molar-refractivity contribution in [2.45, 2.75) is 63.3 Å². The summed E-state index contributed by atoms with van der Waals surface area (Å²) in [5, 5.41) is 9.72. The molecule has 1 aromatic carbocycles. The summed E-state index contributed by atoms with van der Waals surface area (Å²) in [4.78, 5) is 17.4. The van der Waals surface area contributed by atoms with Crippen LogP contribution in [0.15, 0.2) is 29.4 Å². The predicted molar refractivity (Wildman–Crippen MR) is 122 cm³/mol. The number of carbonyl (C=O) groups excluding carboxylic acids is 1. The fourth-order valence-electron chi connectivity index (χ4n) is 4.25. The molecule has 0 aliphatic carbocycles. The number of anilines is 1. The number of benzene rings is 1. The molecule has 2 aliphatic heterocycles. The summed E-state index contributed by atoms with van der Waals surface area (Å²) >= 11 is 1.53. The van der Waals surface area contributed by atoms with Gasteiger partial charge in [-0.05, 0) is 64.0 Å². The Kier molecular flexibility index (Phi) is 6.66. The number of nitrogens with zero attached hydrogens (tertiary/aromatic N) is 5. The monoisotopic (exact) mass is 427 g/mol. The highest BCUT2D eigenvalue weighted by Gasteiger charge is 2.28. The molecule has 7 heteroatoms. The summed E-state index contributed by atoms with van der Waals surface area (Å²) in [6, 6.07) is 8.48. The van der Waals surface area contributed by atoms with E-state index in [2.05, 4.69) is 57.8 Å². The van der Waals surface area contributed by atoms with Crippen molar-refractivity contribution in [1.82, 2.24) is 19.7 Å². The Morgan fingerprint density at radius 2 is 1.70 bits per heavy atom. The van der Waals surface area contributed by atoms with Crippen molar-refractivity contribution in [2.75, 3.05) is 31.1 Å². The van der Waals surface area contributed by atoms with Crippen LogP contribution in [-0.2, 0) is 4.79 Å². The van der Waals surface area contributed by atoms with Crippen molar-refractivity contribution < 1.29 is 4.79 Å². The summed E-state index contributed by atoms with van der Waals surface area (Å²) in [6.07, 6.45) is 5.84. The van der Waals surface area contributed by atoms with Crippen LogP contribution >= 0.6 is 11.8 Å². The lowest BCUT2D eigenvalue weighted by molar-refractivity contribution is -0.131. The molecule has 3 heterocycles. The Labute approximate surface area is 184 Å². The minimum absolute atomic E-state index is 0.180. The van der Waals surface area contributed by atoms with Gasteiger partial charge < -0.3 is 9.80 Å². The van der Waals surface area contributed by atoms with Gasteiger partial charge in [0.2, 0.25) is 11.9 Å². The summed E-state index contributed by atoms with van der Waals surface area (Å²) in [5.74, 6) is 1.83. The fourth-order valence-corrected chi connectivity index (χ4v) is 5.20. The summed E-state index contributed by atoms with van der Waals surface area (Å²) in [5.41, 5.74) is 2.28. The Hall–Kier alpha value is -2.02. The maximum absolute atomic E-state index is 13.0. The molecule has 0 saturated carbocycles. The maximum Gasteiger partial charge on any atom is 0.235 e. The number of piperidine rings is 2. The molecule has 4 rings (SSSR count). The lowest BCUT2D eigenvalue weighted by Gasteiger charge is -2.32. The first-order valence-electron chi connectivity index (χ1n) is 11.3. The quantitative estimate of drug-likeness (QED) is 0.666. The standard InChI is InChI=1S/C23H33N5OS/c1-17-7-9-20(10-8-17)28-22(27-13-5-4-6-14-27)24-25-23(28)30-19(3)21(29)26-15-11-18(2)12-16-26/h7-10,18-19H,4-6,11-16H2,1-3H3. The zero-order valence-corrected chi connectivity index (χ0v) is 19.2. The van der Waals surface area contributed by atoms with E-state index in [0.717, 1.165) is 55.8 Å². The number of likely N-dealkylation sites (tertiary alicyclic amines) is 1. The van der Waals surface area contributed by atoms with Gasteiger partial charge in [-0.15, -0.1) is 10.2 Å². The highest BCUT2D eigenvalue weighted by atomic mass is 32.2. The Balaban J connectivity index is 1.58. The van der Waals surface area contributed by atoms with Crippen LogP contribution in [0.2, 0.25) is 0 Å². The second-order valence-electron chi connectivity index (χ2n) is 8.77. The molecule has 0 N–H and O–H groups in total. The molecule has 1 atom stereocenters. The highest BCUT2D eigenvalue weighted by Crippen LogP contribution is 2.31. The lowest BCUT2D eigenvalue weighted by atomic mass is 9.99. The summed E-state index contributed by atoms with van der Waals surface area (Å²) in [6.45, 7) is 10.1. The molecule has 1 unspecified atom stereocenters. The van der Waals surface area contributed by atoms with Gasteiger partial charge in [-0.25, -0.2) is 0 Å². The molecule has 1 aromatic heterocycles. The molecular formula is C23H33N5OS. The number of amides is 1. The third-order valence-corrected chi connectivity index (χ3v) is 7.30. The van der Waals surface area contributed by atoms with E-state index in [9.17, 15) is 4.79 Å². The molecule has 30 heavy (non-hydrogen) atoms. The molecule has 162 valence electrons. The predicted octanol–water partition coefficient (Wildman–Crippen LogP) is 4.31. The van der Waals surface area contributed by atoms with E-state index in [1.165, 1.54) is 36.6 Å². The largest absolute Gasteiger partial charge is 0.342 e. The van der Waals surface area contributed by atoms with Crippen molar-refractivity contribution in [2.24, 2.45) is 5.92 Å². The molecule has 0 radical (unpaired) electrons. The normalized spacial score (nSPS) is 19.2. The fraction of sp³-hybridized carbons (Fsp3) is 0.609. The van der Waals surface area contributed by atoms with E-state index in [-0.39, 0.29) is 11.2 Å². The minimum Gasteiger partial charge on any atom is -0.342 e. The molecule has 1 amide bonds. The van der Waals surface area contributed by atoms with Gasteiger partial charge in [-0.3, -0.25) is 9.36 Å². The minimum atomic E-state index is -0.180. The highest BCUT2D eigenvalue weighted by molar-refractivity contribution is 8.00. The first-order valence-corrected chi connectivity index (χ1v) is 12.1. The Bertz CT molecular complexity index is 851. The van der Waals surface area contributed by atoms with Gasteiger partial charge >= 0.3 is 0 Å². The second kappa shape index (κ2) is 9.41. The zero-order chi connectivity index (χ0) is 21.1. The number of hydrogen-bond acceptors (Lipinski definition) is 5. The van der Waals surface area contributed by atoms with Gasteiger partial charge in [0.25, 0.3) is 0 Å². The van der Waals surface area contributed by atoms with Gasteiger partial charge in [0.15, 0.2) is 5.16 Å². The lowest BCUT2D eigenvalue weighted by Crippen LogP contribution is -2.41. The van der Waals surface area contributed by atoms with Gasteiger partial charge in [0, 0.05) is 26.2 Å². The number of hydrogen-bond donors (Lipinski definition) is 0. The summed E-state index contributed by atoms with van der Waals surface area (Å²) < 4.78 is 2.14. The number of rotatable bonds is 5. The molecule has 6 nitrogen and oxygen atoms in total. The zero-order valence-electron chi connectivity index (χ0n) is 18.4. The van der Waals surface area contributed by atoms with Crippen LogP contribution in [0.4, 0.5) is 5.95 Å². The van der Waals surface area contributed by atoms with E-state index < -0.39 is 0 Å². The van der Waals surface area contributed by atoms with Gasteiger partial charge in [-0.2, -0.15) is 0 Å². The van der Waals surface area contributed by atoms with Gasteiger partial charge in [0.05, 0.1) is 10.9 Å². The van der Waals surface area contributed by atoms with Gasteiger partial charge in [0.1, 0.15) is 0 Å². The molecular weight excluding hydrogens is 394 g/mol. The molecule has 0 spiro atoms. The molecule has 2 aromatic rings. The topological polar surface area (TPSA) is 54.3 Å². The number of thioether (sulfide) groups is 1. The van der Waals surface area contributed by atoms with E-state index in [0.29, 0.717) is 5.92 Å². The van der Waals surface area contributed by atoms with Crippen molar-refractivity contribution in [1.29, 1.82) is 0 Å². The van der Waals surface area contributed by atoms with E-state index in [1.807, 2.05) is 11.8 Å². The maximum atomic E-state index is 13.0. The number of carbonyl (C=O) groups is 1. The second-order valence-corrected chi connectivity index (χ2v) is 10.1. The SMILES string of the molecule is Cc1ccc(-n2c(SC(C)C(=O)N3CCC(C)CC3)nnc2N2CCCCC2)cc1. The molecule has 0 bridgehead atoms. The van der Waals surface area contributed by atoms with Crippen molar-refractivity contribution in [3.63, 3.8) is 0 Å². The molecule has 2 fully saturated rings. The molecule has 2 aliphatic rings. The average molecular weight is 428 g/mol. The third kappa shape index (κ3) is 4.66. The van der Waals surface area contributed by atoms with Crippen LogP contribution in [0.3, 0.4) is 0 Å². The van der Waals surface area contributed by atoms with Crippen molar-refractivity contribution in [3.8, 4) is 5.69 Å². The first-order chi connectivity index (χ1) is 14.5. The van der Waals surface area contributed by atoms with Crippen molar-refractivity contribution >= 4 is 23.6 Å².